The summed E-state index contributed by atoms with van der Waals surface area (Å²) in [4.78, 5) is 2.38. The van der Waals surface area contributed by atoms with Crippen LogP contribution in [0.15, 0.2) is 212 Å². The van der Waals surface area contributed by atoms with Crippen molar-refractivity contribution in [2.45, 2.75) is 0 Å². The molecule has 0 fully saturated rings. The van der Waals surface area contributed by atoms with Gasteiger partial charge in [-0.3, -0.25) is 0 Å². The Morgan fingerprint density at radius 3 is 1.63 bits per heavy atom. The van der Waals surface area contributed by atoms with Gasteiger partial charge in [-0.25, -0.2) is 0 Å². The fourth-order valence-corrected chi connectivity index (χ4v) is 9.01. The SMILES string of the molecule is c1ccc(-c2cccc(N(c3ccc(-c4cccc5sc6ccccc6c45)cc3)c3cccc(-c4cccc(-c5cccc6ccccc56)c4)c3)c2)cc1. The van der Waals surface area contributed by atoms with Crippen molar-refractivity contribution in [3.8, 4) is 44.5 Å². The Hall–Kier alpha value is -6.74. The first-order valence-electron chi connectivity index (χ1n) is 18.4. The molecule has 0 aliphatic heterocycles. The van der Waals surface area contributed by atoms with Crippen LogP contribution >= 0.6 is 11.3 Å². The molecule has 1 nitrogen and oxygen atoms in total. The van der Waals surface area contributed by atoms with Crippen molar-refractivity contribution in [3.63, 3.8) is 0 Å². The van der Waals surface area contributed by atoms with Crippen LogP contribution in [-0.2, 0) is 0 Å². The molecule has 10 aromatic rings. The van der Waals surface area contributed by atoms with Crippen molar-refractivity contribution in [1.82, 2.24) is 0 Å². The average molecular weight is 706 g/mol. The second-order valence-corrected chi connectivity index (χ2v) is 14.8. The molecule has 1 aromatic heterocycles. The molecule has 254 valence electrons. The molecule has 0 spiro atoms. The number of fused-ring (bicyclic) bond motifs is 4. The molecule has 0 radical (unpaired) electrons. The van der Waals surface area contributed by atoms with Gasteiger partial charge in [0.1, 0.15) is 0 Å². The molecule has 0 N–H and O–H groups in total. The van der Waals surface area contributed by atoms with E-state index < -0.39 is 0 Å². The molecule has 0 aliphatic rings. The third-order valence-electron chi connectivity index (χ3n) is 10.5. The second kappa shape index (κ2) is 13.7. The monoisotopic (exact) mass is 705 g/mol. The fourth-order valence-electron chi connectivity index (χ4n) is 7.88. The van der Waals surface area contributed by atoms with E-state index in [4.69, 9.17) is 0 Å². The maximum Gasteiger partial charge on any atom is 0.0467 e. The van der Waals surface area contributed by atoms with Gasteiger partial charge in [0, 0.05) is 37.2 Å². The summed E-state index contributed by atoms with van der Waals surface area (Å²) in [6.07, 6.45) is 0. The molecule has 1 heterocycles. The zero-order chi connectivity index (χ0) is 35.8. The van der Waals surface area contributed by atoms with Crippen LogP contribution in [0, 0.1) is 0 Å². The van der Waals surface area contributed by atoms with Crippen molar-refractivity contribution < 1.29 is 0 Å². The van der Waals surface area contributed by atoms with E-state index in [0.717, 1.165) is 17.1 Å². The lowest BCUT2D eigenvalue weighted by Crippen LogP contribution is -2.10. The van der Waals surface area contributed by atoms with Crippen LogP contribution in [0.2, 0.25) is 0 Å². The molecule has 0 amide bonds. The van der Waals surface area contributed by atoms with E-state index in [1.54, 1.807) is 0 Å². The lowest BCUT2D eigenvalue weighted by Gasteiger charge is -2.27. The predicted molar refractivity (Wildman–Crippen MR) is 233 cm³/mol. The van der Waals surface area contributed by atoms with Crippen molar-refractivity contribution in [3.05, 3.63) is 212 Å². The smallest absolute Gasteiger partial charge is 0.0467 e. The highest BCUT2D eigenvalue weighted by molar-refractivity contribution is 7.25. The Bertz CT molecular complexity index is 2930. The van der Waals surface area contributed by atoms with Gasteiger partial charge < -0.3 is 4.90 Å². The van der Waals surface area contributed by atoms with Crippen molar-refractivity contribution in [2.24, 2.45) is 0 Å². The number of rotatable bonds is 7. The van der Waals surface area contributed by atoms with Crippen LogP contribution in [0.5, 0.6) is 0 Å². The Labute approximate surface area is 319 Å². The predicted octanol–water partition coefficient (Wildman–Crippen LogP) is 15.3. The molecule has 0 bridgehead atoms. The van der Waals surface area contributed by atoms with Crippen molar-refractivity contribution in [2.75, 3.05) is 4.90 Å². The first-order chi connectivity index (χ1) is 26.8. The number of anilines is 3. The first kappa shape index (κ1) is 32.0. The minimum absolute atomic E-state index is 1.10. The maximum absolute atomic E-state index is 2.38. The second-order valence-electron chi connectivity index (χ2n) is 13.7. The Balaban J connectivity index is 1.08. The highest BCUT2D eigenvalue weighted by atomic mass is 32.1. The number of hydrogen-bond acceptors (Lipinski definition) is 2. The average Bonchev–Trinajstić information content (AvgIpc) is 3.64. The molecule has 0 atom stereocenters. The summed E-state index contributed by atoms with van der Waals surface area (Å²) in [7, 11) is 0. The summed E-state index contributed by atoms with van der Waals surface area (Å²) >= 11 is 1.86. The topological polar surface area (TPSA) is 3.24 Å². The van der Waals surface area contributed by atoms with Crippen LogP contribution < -0.4 is 4.90 Å². The van der Waals surface area contributed by atoms with E-state index in [1.165, 1.54) is 75.5 Å². The molecule has 0 saturated heterocycles. The third-order valence-corrected chi connectivity index (χ3v) is 11.6. The van der Waals surface area contributed by atoms with Crippen LogP contribution in [0.25, 0.3) is 75.5 Å². The summed E-state index contributed by atoms with van der Waals surface area (Å²) in [5.41, 5.74) is 13.0. The lowest BCUT2D eigenvalue weighted by atomic mass is 9.95. The van der Waals surface area contributed by atoms with E-state index >= 15 is 0 Å². The standard InChI is InChI=1S/C52H35NS/c1-2-13-36(14-3-1)40-18-9-21-44(34-40)53(43-31-29-38(30-32-43)48-26-12-28-51-52(48)49-24-6-7-27-50(49)54-51)45-22-10-19-41(35-45)39-17-8-20-42(33-39)47-25-11-16-37-15-4-5-23-46(37)47/h1-35H. The molecule has 10 rings (SSSR count). The van der Waals surface area contributed by atoms with Gasteiger partial charge in [-0.05, 0) is 110 Å². The molecule has 0 unspecified atom stereocenters. The molecular formula is C52H35NS. The van der Waals surface area contributed by atoms with Crippen molar-refractivity contribution in [1.29, 1.82) is 0 Å². The summed E-state index contributed by atoms with van der Waals surface area (Å²) in [6.45, 7) is 0. The van der Waals surface area contributed by atoms with Crippen LogP contribution in [-0.4, -0.2) is 0 Å². The van der Waals surface area contributed by atoms with Gasteiger partial charge in [-0.15, -0.1) is 11.3 Å². The Morgan fingerprint density at radius 2 is 0.833 bits per heavy atom. The summed E-state index contributed by atoms with van der Waals surface area (Å²) < 4.78 is 2.64. The summed E-state index contributed by atoms with van der Waals surface area (Å²) in [5, 5.41) is 5.17. The van der Waals surface area contributed by atoms with E-state index in [0.29, 0.717) is 0 Å². The molecular weight excluding hydrogens is 671 g/mol. The first-order valence-corrected chi connectivity index (χ1v) is 19.2. The highest BCUT2D eigenvalue weighted by Gasteiger charge is 2.17. The van der Waals surface area contributed by atoms with Gasteiger partial charge in [-0.2, -0.15) is 0 Å². The maximum atomic E-state index is 2.38. The largest absolute Gasteiger partial charge is 0.310 e. The zero-order valence-electron chi connectivity index (χ0n) is 29.6. The molecule has 9 aromatic carbocycles. The minimum Gasteiger partial charge on any atom is -0.310 e. The third kappa shape index (κ3) is 5.84. The summed E-state index contributed by atoms with van der Waals surface area (Å²) in [5.74, 6) is 0. The lowest BCUT2D eigenvalue weighted by molar-refractivity contribution is 1.28. The van der Waals surface area contributed by atoms with Crippen molar-refractivity contribution >= 4 is 59.3 Å². The molecule has 0 saturated carbocycles. The van der Waals surface area contributed by atoms with Gasteiger partial charge in [-0.1, -0.05) is 158 Å². The quantitative estimate of drug-likeness (QED) is 0.160. The number of benzene rings is 9. The number of hydrogen-bond donors (Lipinski definition) is 0. The van der Waals surface area contributed by atoms with E-state index in [1.807, 2.05) is 11.3 Å². The van der Waals surface area contributed by atoms with E-state index in [2.05, 4.69) is 217 Å². The fraction of sp³-hybridized carbons (Fsp3) is 0. The highest BCUT2D eigenvalue weighted by Crippen LogP contribution is 2.43. The van der Waals surface area contributed by atoms with Gasteiger partial charge in [0.25, 0.3) is 0 Å². The number of thiophene rings is 1. The van der Waals surface area contributed by atoms with Crippen LogP contribution in [0.4, 0.5) is 17.1 Å². The molecule has 0 aliphatic carbocycles. The van der Waals surface area contributed by atoms with E-state index in [9.17, 15) is 0 Å². The van der Waals surface area contributed by atoms with Gasteiger partial charge in [0.2, 0.25) is 0 Å². The molecule has 2 heteroatoms. The van der Waals surface area contributed by atoms with E-state index in [-0.39, 0.29) is 0 Å². The summed E-state index contributed by atoms with van der Waals surface area (Å²) in [6, 6.07) is 77.1. The Kier molecular flexibility index (Phi) is 8.09. The van der Waals surface area contributed by atoms with Gasteiger partial charge in [0.05, 0.1) is 0 Å². The van der Waals surface area contributed by atoms with Crippen LogP contribution in [0.3, 0.4) is 0 Å². The van der Waals surface area contributed by atoms with Gasteiger partial charge in [0.15, 0.2) is 0 Å². The van der Waals surface area contributed by atoms with Crippen LogP contribution in [0.1, 0.15) is 0 Å². The Morgan fingerprint density at radius 1 is 0.296 bits per heavy atom. The molecule has 54 heavy (non-hydrogen) atoms. The minimum atomic E-state index is 1.10. The zero-order valence-corrected chi connectivity index (χ0v) is 30.4. The van der Waals surface area contributed by atoms with Gasteiger partial charge >= 0.3 is 0 Å². The normalized spacial score (nSPS) is 11.3. The number of nitrogens with zero attached hydrogens (tertiary/aromatic N) is 1.